The van der Waals surface area contributed by atoms with Crippen LogP contribution in [0.1, 0.15) is 10.4 Å². The molecule has 1 aromatic carbocycles. The van der Waals surface area contributed by atoms with Crippen LogP contribution in [0, 0.1) is 0 Å². The van der Waals surface area contributed by atoms with E-state index in [9.17, 15) is 9.36 Å². The molecule has 29 heavy (non-hydrogen) atoms. The number of benzene rings is 1. The quantitative estimate of drug-likeness (QED) is 0.497. The first kappa shape index (κ1) is 19.9. The standard InChI is InChI=1S/C19H20ClN4O4P/c1-29(2,26)13-5-3-4-12(10-13)21-18(25)14-11-15-17(22-16(14)20)23-19(28-15)24-6-8-27-9-7-24/h3-5,10-11H,6-9H2,1-2H3,(H,21,25). The van der Waals surface area contributed by atoms with Crippen molar-refractivity contribution in [1.82, 2.24) is 9.97 Å². The van der Waals surface area contributed by atoms with Crippen LogP contribution in [-0.4, -0.2) is 55.5 Å². The number of hydrogen-bond acceptors (Lipinski definition) is 7. The van der Waals surface area contributed by atoms with Gasteiger partial charge in [-0.25, -0.2) is 4.98 Å². The van der Waals surface area contributed by atoms with Crippen LogP contribution in [0.25, 0.3) is 11.2 Å². The molecule has 1 saturated heterocycles. The fourth-order valence-electron chi connectivity index (χ4n) is 3.00. The number of hydrogen-bond donors (Lipinski definition) is 1. The van der Waals surface area contributed by atoms with Crippen molar-refractivity contribution in [3.05, 3.63) is 41.0 Å². The Morgan fingerprint density at radius 3 is 2.69 bits per heavy atom. The highest BCUT2D eigenvalue weighted by Crippen LogP contribution is 2.35. The summed E-state index contributed by atoms with van der Waals surface area (Å²) in [5.41, 5.74) is 1.42. The Labute approximate surface area is 172 Å². The van der Waals surface area contributed by atoms with Gasteiger partial charge < -0.3 is 23.9 Å². The largest absolute Gasteiger partial charge is 0.422 e. The number of nitrogens with one attached hydrogen (secondary N) is 1. The molecule has 3 aromatic rings. The molecule has 1 N–H and O–H groups in total. The zero-order chi connectivity index (χ0) is 20.6. The Balaban J connectivity index is 1.60. The minimum absolute atomic E-state index is 0.0321. The normalized spacial score (nSPS) is 14.9. The summed E-state index contributed by atoms with van der Waals surface area (Å²) in [5, 5.41) is 3.49. The first-order valence-electron chi connectivity index (χ1n) is 9.08. The highest BCUT2D eigenvalue weighted by atomic mass is 35.5. The van der Waals surface area contributed by atoms with Gasteiger partial charge in [0.2, 0.25) is 5.65 Å². The second-order valence-electron chi connectivity index (χ2n) is 7.10. The van der Waals surface area contributed by atoms with Crippen LogP contribution in [0.2, 0.25) is 5.15 Å². The minimum atomic E-state index is -2.44. The van der Waals surface area contributed by atoms with Crippen LogP contribution >= 0.6 is 18.7 Å². The van der Waals surface area contributed by atoms with E-state index in [1.54, 1.807) is 37.6 Å². The molecule has 1 aliphatic heterocycles. The van der Waals surface area contributed by atoms with Crippen LogP contribution < -0.4 is 15.5 Å². The van der Waals surface area contributed by atoms with E-state index in [1.807, 2.05) is 4.90 Å². The highest BCUT2D eigenvalue weighted by Gasteiger charge is 2.21. The summed E-state index contributed by atoms with van der Waals surface area (Å²) in [7, 11) is -2.44. The molecule has 152 valence electrons. The molecule has 3 heterocycles. The molecule has 1 fully saturated rings. The molecule has 2 aromatic heterocycles. The molecular weight excluding hydrogens is 415 g/mol. The summed E-state index contributed by atoms with van der Waals surface area (Å²) in [4.78, 5) is 23.3. The number of carbonyl (C=O) groups is 1. The second kappa shape index (κ2) is 7.78. The molecule has 0 bridgehead atoms. The molecule has 0 saturated carbocycles. The predicted molar refractivity (Wildman–Crippen MR) is 113 cm³/mol. The lowest BCUT2D eigenvalue weighted by molar-refractivity contribution is 0.102. The molecule has 8 nitrogen and oxygen atoms in total. The van der Waals surface area contributed by atoms with Crippen LogP contribution in [0.4, 0.5) is 11.7 Å². The van der Waals surface area contributed by atoms with Crippen molar-refractivity contribution in [2.75, 3.05) is 49.8 Å². The van der Waals surface area contributed by atoms with Crippen molar-refractivity contribution in [3.8, 4) is 0 Å². The molecular formula is C19H20ClN4O4P. The lowest BCUT2D eigenvalue weighted by atomic mass is 10.2. The number of anilines is 2. The SMILES string of the molecule is CP(C)(=O)c1cccc(NC(=O)c2cc3oc(N4CCOCC4)nc3nc2Cl)c1. The van der Waals surface area contributed by atoms with Gasteiger partial charge in [0.25, 0.3) is 11.9 Å². The maximum atomic E-state index is 12.8. The van der Waals surface area contributed by atoms with E-state index in [4.69, 9.17) is 20.8 Å². The van der Waals surface area contributed by atoms with Crippen LogP contribution in [0.5, 0.6) is 0 Å². The Kier molecular flexibility index (Phi) is 5.34. The summed E-state index contributed by atoms with van der Waals surface area (Å²) in [6, 6.07) is 8.91. The number of morpholine rings is 1. The van der Waals surface area contributed by atoms with Crippen molar-refractivity contribution in [2.45, 2.75) is 0 Å². The third kappa shape index (κ3) is 4.29. The third-order valence-electron chi connectivity index (χ3n) is 4.58. The number of nitrogens with zero attached hydrogens (tertiary/aromatic N) is 3. The first-order valence-corrected chi connectivity index (χ1v) is 12.1. The number of fused-ring (bicyclic) bond motifs is 1. The van der Waals surface area contributed by atoms with E-state index in [0.29, 0.717) is 54.5 Å². The number of amides is 1. The van der Waals surface area contributed by atoms with Gasteiger partial charge in [-0.1, -0.05) is 23.7 Å². The van der Waals surface area contributed by atoms with Gasteiger partial charge in [0.15, 0.2) is 5.58 Å². The van der Waals surface area contributed by atoms with E-state index < -0.39 is 13.0 Å². The van der Waals surface area contributed by atoms with Crippen molar-refractivity contribution >= 4 is 52.9 Å². The van der Waals surface area contributed by atoms with Gasteiger partial charge in [0, 0.05) is 30.1 Å². The Morgan fingerprint density at radius 1 is 1.21 bits per heavy atom. The summed E-state index contributed by atoms with van der Waals surface area (Å²) >= 11 is 6.23. The maximum Gasteiger partial charge on any atom is 0.300 e. The van der Waals surface area contributed by atoms with Crippen molar-refractivity contribution in [1.29, 1.82) is 0 Å². The van der Waals surface area contributed by atoms with E-state index >= 15 is 0 Å². The number of rotatable bonds is 4. The number of oxazole rings is 1. The average Bonchev–Trinajstić information content (AvgIpc) is 3.10. The monoisotopic (exact) mass is 434 g/mol. The highest BCUT2D eigenvalue weighted by molar-refractivity contribution is 7.70. The average molecular weight is 435 g/mol. The molecule has 0 spiro atoms. The Bertz CT molecular complexity index is 1120. The van der Waals surface area contributed by atoms with Gasteiger partial charge >= 0.3 is 0 Å². The van der Waals surface area contributed by atoms with Gasteiger partial charge in [-0.3, -0.25) is 4.79 Å². The van der Waals surface area contributed by atoms with Gasteiger partial charge in [0.05, 0.1) is 18.8 Å². The maximum absolute atomic E-state index is 12.8. The summed E-state index contributed by atoms with van der Waals surface area (Å²) < 4.78 is 23.4. The fraction of sp³-hybridized carbons (Fsp3) is 0.316. The minimum Gasteiger partial charge on any atom is -0.422 e. The van der Waals surface area contributed by atoms with Gasteiger partial charge in [-0.2, -0.15) is 4.98 Å². The van der Waals surface area contributed by atoms with Gasteiger partial charge in [0.1, 0.15) is 12.3 Å². The summed E-state index contributed by atoms with van der Waals surface area (Å²) in [6.07, 6.45) is 0. The molecule has 0 radical (unpaired) electrons. The van der Waals surface area contributed by atoms with Gasteiger partial charge in [-0.15, -0.1) is 0 Å². The molecule has 10 heteroatoms. The molecule has 0 unspecified atom stereocenters. The lowest BCUT2D eigenvalue weighted by Crippen LogP contribution is -2.36. The topological polar surface area (TPSA) is 97.6 Å². The van der Waals surface area contributed by atoms with Crippen molar-refractivity contribution in [2.24, 2.45) is 0 Å². The fourth-order valence-corrected chi connectivity index (χ4v) is 4.11. The number of halogens is 1. The molecule has 1 aliphatic rings. The van der Waals surface area contributed by atoms with Crippen molar-refractivity contribution in [3.63, 3.8) is 0 Å². The Morgan fingerprint density at radius 2 is 1.97 bits per heavy atom. The molecule has 0 atom stereocenters. The molecule has 1 amide bonds. The van der Waals surface area contributed by atoms with Crippen LogP contribution in [0.3, 0.4) is 0 Å². The smallest absolute Gasteiger partial charge is 0.300 e. The third-order valence-corrected chi connectivity index (χ3v) is 6.39. The van der Waals surface area contributed by atoms with E-state index in [-0.39, 0.29) is 10.7 Å². The van der Waals surface area contributed by atoms with E-state index in [2.05, 4.69) is 15.3 Å². The number of ether oxygens (including phenoxy) is 1. The molecule has 0 aliphatic carbocycles. The predicted octanol–water partition coefficient (Wildman–Crippen LogP) is 3.21. The van der Waals surface area contributed by atoms with E-state index in [1.165, 1.54) is 6.07 Å². The lowest BCUT2D eigenvalue weighted by Gasteiger charge is -2.24. The summed E-state index contributed by atoms with van der Waals surface area (Å²) in [5.74, 6) is -0.437. The van der Waals surface area contributed by atoms with Crippen LogP contribution in [0.15, 0.2) is 34.7 Å². The Hall–Kier alpha value is -2.41. The second-order valence-corrected chi connectivity index (χ2v) is 10.7. The zero-order valence-corrected chi connectivity index (χ0v) is 17.7. The number of carbonyl (C=O) groups excluding carboxylic acids is 1. The number of aromatic nitrogens is 2. The van der Waals surface area contributed by atoms with Crippen LogP contribution in [-0.2, 0) is 9.30 Å². The molecule has 4 rings (SSSR count). The zero-order valence-electron chi connectivity index (χ0n) is 16.0. The van der Waals surface area contributed by atoms with E-state index in [0.717, 1.165) is 0 Å². The number of pyridine rings is 1. The van der Waals surface area contributed by atoms with Gasteiger partial charge in [-0.05, 0) is 25.5 Å². The van der Waals surface area contributed by atoms with Crippen molar-refractivity contribution < 1.29 is 18.5 Å². The summed E-state index contributed by atoms with van der Waals surface area (Å²) in [6.45, 7) is 5.90. The first-order chi connectivity index (χ1) is 13.8.